The predicted octanol–water partition coefficient (Wildman–Crippen LogP) is 0.916. The topological polar surface area (TPSA) is 72.9 Å². The first kappa shape index (κ1) is 18.9. The maximum atomic E-state index is 12.7. The van der Waals surface area contributed by atoms with Crippen molar-refractivity contribution in [2.75, 3.05) is 33.3 Å². The van der Waals surface area contributed by atoms with E-state index in [9.17, 15) is 14.7 Å². The van der Waals surface area contributed by atoms with Gasteiger partial charge >= 0.3 is 0 Å². The van der Waals surface area contributed by atoms with Gasteiger partial charge in [-0.25, -0.2) is 0 Å². The van der Waals surface area contributed by atoms with Crippen LogP contribution >= 0.6 is 0 Å². The fourth-order valence-corrected chi connectivity index (χ4v) is 3.56. The monoisotopic (exact) mass is 359 g/mol. The van der Waals surface area contributed by atoms with Crippen LogP contribution in [0.2, 0.25) is 0 Å². The molecule has 0 aromatic heterocycles. The number of carbonyl (C=O) groups is 2. The van der Waals surface area contributed by atoms with Gasteiger partial charge in [-0.3, -0.25) is 14.5 Å². The normalized spacial score (nSPS) is 22.0. The Morgan fingerprint density at radius 1 is 1.35 bits per heavy atom. The van der Waals surface area contributed by atoms with E-state index in [4.69, 9.17) is 0 Å². The first-order valence-electron chi connectivity index (χ1n) is 9.35. The van der Waals surface area contributed by atoms with Crippen LogP contribution in [0.3, 0.4) is 0 Å². The van der Waals surface area contributed by atoms with Crippen molar-refractivity contribution in [1.29, 1.82) is 0 Å². The van der Waals surface area contributed by atoms with Gasteiger partial charge in [0.15, 0.2) is 0 Å². The Morgan fingerprint density at radius 3 is 2.65 bits per heavy atom. The molecule has 0 bridgehead atoms. The minimum atomic E-state index is -0.440. The van der Waals surface area contributed by atoms with Gasteiger partial charge < -0.3 is 15.3 Å². The van der Waals surface area contributed by atoms with Gasteiger partial charge in [0.25, 0.3) is 0 Å². The van der Waals surface area contributed by atoms with Gasteiger partial charge in [-0.05, 0) is 25.3 Å². The first-order valence-corrected chi connectivity index (χ1v) is 9.35. The van der Waals surface area contributed by atoms with Crippen LogP contribution in [0.15, 0.2) is 24.3 Å². The molecular formula is C20H29N3O3. The molecule has 0 spiro atoms. The molecule has 6 nitrogen and oxygen atoms in total. The van der Waals surface area contributed by atoms with E-state index in [0.29, 0.717) is 19.6 Å². The van der Waals surface area contributed by atoms with Gasteiger partial charge in [-0.1, -0.05) is 29.8 Å². The van der Waals surface area contributed by atoms with Gasteiger partial charge in [0.1, 0.15) is 0 Å². The summed E-state index contributed by atoms with van der Waals surface area (Å²) in [5, 5.41) is 12.3. The lowest BCUT2D eigenvalue weighted by Gasteiger charge is -2.35. The lowest BCUT2D eigenvalue weighted by Crippen LogP contribution is -2.56. The summed E-state index contributed by atoms with van der Waals surface area (Å²) in [5.74, 6) is -0.117. The SMILES string of the molecule is Cc1ccc(CN2CCNC(=O)[C@@H]2CC(=O)N(C)CC2(CO)CC2)cc1. The van der Waals surface area contributed by atoms with E-state index in [1.165, 1.54) is 5.56 Å². The van der Waals surface area contributed by atoms with Crippen LogP contribution in [0.25, 0.3) is 0 Å². The molecule has 1 aliphatic carbocycles. The zero-order valence-corrected chi connectivity index (χ0v) is 15.7. The Hall–Kier alpha value is -1.92. The molecule has 1 aromatic rings. The molecule has 2 aliphatic rings. The number of aliphatic hydroxyl groups is 1. The zero-order chi connectivity index (χ0) is 18.7. The van der Waals surface area contributed by atoms with Crippen molar-refractivity contribution in [3.05, 3.63) is 35.4 Å². The van der Waals surface area contributed by atoms with E-state index in [1.807, 2.05) is 0 Å². The molecule has 2 fully saturated rings. The lowest BCUT2D eigenvalue weighted by atomic mass is 10.0. The number of piperazine rings is 1. The summed E-state index contributed by atoms with van der Waals surface area (Å²) in [7, 11) is 1.77. The highest BCUT2D eigenvalue weighted by atomic mass is 16.3. The minimum absolute atomic E-state index is 0.0410. The highest BCUT2D eigenvalue weighted by Gasteiger charge is 2.44. The molecule has 2 N–H and O–H groups in total. The fourth-order valence-electron chi connectivity index (χ4n) is 3.56. The largest absolute Gasteiger partial charge is 0.396 e. The second kappa shape index (κ2) is 7.76. The number of hydrogen-bond acceptors (Lipinski definition) is 4. The average molecular weight is 359 g/mol. The van der Waals surface area contributed by atoms with Crippen molar-refractivity contribution < 1.29 is 14.7 Å². The molecule has 6 heteroatoms. The Labute approximate surface area is 155 Å². The first-order chi connectivity index (χ1) is 12.4. The number of aryl methyl sites for hydroxylation is 1. The Balaban J connectivity index is 1.63. The Morgan fingerprint density at radius 2 is 2.04 bits per heavy atom. The Bertz CT molecular complexity index is 655. The number of nitrogens with zero attached hydrogens (tertiary/aromatic N) is 2. The molecule has 142 valence electrons. The number of nitrogens with one attached hydrogen (secondary N) is 1. The number of aliphatic hydroxyl groups excluding tert-OH is 1. The van der Waals surface area contributed by atoms with Crippen molar-refractivity contribution in [3.63, 3.8) is 0 Å². The van der Waals surface area contributed by atoms with E-state index in [-0.39, 0.29) is 30.3 Å². The molecule has 26 heavy (non-hydrogen) atoms. The van der Waals surface area contributed by atoms with Gasteiger partial charge in [0.05, 0.1) is 19.1 Å². The third-order valence-corrected chi connectivity index (χ3v) is 5.61. The summed E-state index contributed by atoms with van der Waals surface area (Å²) in [4.78, 5) is 28.8. The lowest BCUT2D eigenvalue weighted by molar-refractivity contribution is -0.138. The fraction of sp³-hybridized carbons (Fsp3) is 0.600. The van der Waals surface area contributed by atoms with Crippen LogP contribution in [-0.2, 0) is 16.1 Å². The highest BCUT2D eigenvalue weighted by Crippen LogP contribution is 2.45. The molecule has 1 heterocycles. The molecule has 1 atom stereocenters. The number of benzene rings is 1. The molecule has 1 aromatic carbocycles. The van der Waals surface area contributed by atoms with Gasteiger partial charge in [0, 0.05) is 38.6 Å². The van der Waals surface area contributed by atoms with E-state index in [0.717, 1.165) is 24.9 Å². The molecule has 0 unspecified atom stereocenters. The third-order valence-electron chi connectivity index (χ3n) is 5.61. The molecule has 0 radical (unpaired) electrons. The Kier molecular flexibility index (Phi) is 5.63. The van der Waals surface area contributed by atoms with E-state index < -0.39 is 6.04 Å². The molecular weight excluding hydrogens is 330 g/mol. The van der Waals surface area contributed by atoms with Crippen LogP contribution in [0.5, 0.6) is 0 Å². The van der Waals surface area contributed by atoms with E-state index in [1.54, 1.807) is 11.9 Å². The van der Waals surface area contributed by atoms with Crippen LogP contribution < -0.4 is 5.32 Å². The van der Waals surface area contributed by atoms with E-state index >= 15 is 0 Å². The van der Waals surface area contributed by atoms with Crippen LogP contribution in [0.4, 0.5) is 0 Å². The average Bonchev–Trinajstić information content (AvgIpc) is 3.39. The summed E-state index contributed by atoms with van der Waals surface area (Å²) in [6.45, 7) is 4.74. The quantitative estimate of drug-likeness (QED) is 0.759. The van der Waals surface area contributed by atoms with Crippen molar-refractivity contribution in [3.8, 4) is 0 Å². The maximum Gasteiger partial charge on any atom is 0.237 e. The highest BCUT2D eigenvalue weighted by molar-refractivity contribution is 5.88. The summed E-state index contributed by atoms with van der Waals surface area (Å²) < 4.78 is 0. The maximum absolute atomic E-state index is 12.7. The second-order valence-electron chi connectivity index (χ2n) is 7.87. The summed E-state index contributed by atoms with van der Waals surface area (Å²) in [6, 6.07) is 7.84. The number of hydrogen-bond donors (Lipinski definition) is 2. The molecule has 1 saturated heterocycles. The number of rotatable bonds is 7. The smallest absolute Gasteiger partial charge is 0.237 e. The number of carbonyl (C=O) groups excluding carboxylic acids is 2. The standard InChI is InChI=1S/C20H29N3O3/c1-15-3-5-16(6-4-15)12-23-10-9-21-19(26)17(23)11-18(25)22(2)13-20(14-24)7-8-20/h3-6,17,24H,7-14H2,1-2H3,(H,21,26)/t17-/m0/s1. The predicted molar refractivity (Wildman–Crippen MR) is 99.4 cm³/mol. The van der Waals surface area contributed by atoms with Gasteiger partial charge in [-0.15, -0.1) is 0 Å². The summed E-state index contributed by atoms with van der Waals surface area (Å²) in [6.07, 6.45) is 2.10. The zero-order valence-electron chi connectivity index (χ0n) is 15.7. The van der Waals surface area contributed by atoms with E-state index in [2.05, 4.69) is 41.4 Å². The summed E-state index contributed by atoms with van der Waals surface area (Å²) in [5.41, 5.74) is 2.24. The van der Waals surface area contributed by atoms with Crippen LogP contribution in [-0.4, -0.2) is 66.1 Å². The third kappa shape index (κ3) is 4.43. The minimum Gasteiger partial charge on any atom is -0.396 e. The molecule has 1 saturated carbocycles. The molecule has 1 aliphatic heterocycles. The van der Waals surface area contributed by atoms with Crippen molar-refractivity contribution >= 4 is 11.8 Å². The van der Waals surface area contributed by atoms with Crippen LogP contribution in [0, 0.1) is 12.3 Å². The molecule has 2 amide bonds. The molecule has 3 rings (SSSR count). The van der Waals surface area contributed by atoms with Crippen molar-refractivity contribution in [2.24, 2.45) is 5.41 Å². The van der Waals surface area contributed by atoms with Crippen molar-refractivity contribution in [2.45, 2.75) is 38.8 Å². The second-order valence-corrected chi connectivity index (χ2v) is 7.87. The number of amides is 2. The summed E-state index contributed by atoms with van der Waals surface area (Å²) >= 11 is 0. The van der Waals surface area contributed by atoms with Gasteiger partial charge in [0.2, 0.25) is 11.8 Å². The van der Waals surface area contributed by atoms with Crippen LogP contribution in [0.1, 0.15) is 30.4 Å². The van der Waals surface area contributed by atoms with Crippen molar-refractivity contribution in [1.82, 2.24) is 15.1 Å². The van der Waals surface area contributed by atoms with Gasteiger partial charge in [-0.2, -0.15) is 0 Å².